The highest BCUT2D eigenvalue weighted by molar-refractivity contribution is 7.92. The Morgan fingerprint density at radius 1 is 0.865 bits per heavy atom. The first kappa shape index (κ1) is 29.4. The van der Waals surface area contributed by atoms with Gasteiger partial charge in [0.1, 0.15) is 0 Å². The minimum Gasteiger partial charge on any atom is -1.00 e. The van der Waals surface area contributed by atoms with Gasteiger partial charge in [-0.2, -0.15) is 0 Å². The predicted molar refractivity (Wildman–Crippen MR) is 141 cm³/mol. The van der Waals surface area contributed by atoms with Crippen LogP contribution >= 0.6 is 7.14 Å². The van der Waals surface area contributed by atoms with Crippen LogP contribution in [0.2, 0.25) is 0 Å². The summed E-state index contributed by atoms with van der Waals surface area (Å²) in [4.78, 5) is 15.2. The van der Waals surface area contributed by atoms with Gasteiger partial charge in [0.2, 0.25) is 20.0 Å². The number of anilines is 2. The summed E-state index contributed by atoms with van der Waals surface area (Å²) in [7, 11) is -10.4. The van der Waals surface area contributed by atoms with E-state index in [1.807, 2.05) is 5.32 Å². The van der Waals surface area contributed by atoms with Gasteiger partial charge in [-0.1, -0.05) is 0 Å². The van der Waals surface area contributed by atoms with Crippen LogP contribution in [-0.2, 0) is 29.4 Å². The minimum atomic E-state index is -3.47. The van der Waals surface area contributed by atoms with Gasteiger partial charge >= 0.3 is 0 Å². The number of carbonyl (C=O) groups excluding carboxylic acids is 1. The van der Waals surface area contributed by atoms with Gasteiger partial charge in [0.05, 0.1) is 24.8 Å². The second-order valence-electron chi connectivity index (χ2n) is 9.43. The van der Waals surface area contributed by atoms with Crippen molar-refractivity contribution < 1.29 is 43.9 Å². The Morgan fingerprint density at radius 2 is 1.35 bits per heavy atom. The van der Waals surface area contributed by atoms with E-state index in [0.717, 1.165) is 38.3 Å². The Morgan fingerprint density at radius 3 is 1.76 bits per heavy atom. The topological polar surface area (TPSA) is 146 Å². The molecular weight excluding hydrogens is 559 g/mol. The lowest BCUT2D eigenvalue weighted by atomic mass is 10.2. The number of nitrogens with zero attached hydrogens (tertiary/aromatic N) is 1. The van der Waals surface area contributed by atoms with Gasteiger partial charge in [0, 0.05) is 41.4 Å². The molecule has 2 aromatic rings. The highest BCUT2D eigenvalue weighted by Gasteiger charge is 2.47. The molecule has 1 amide bonds. The van der Waals surface area contributed by atoms with Crippen LogP contribution in [0.1, 0.15) is 25.7 Å². The maximum Gasteiger partial charge on any atom is 0.281 e. The maximum atomic E-state index is 15.1. The van der Waals surface area contributed by atoms with Gasteiger partial charge in [-0.05, 0) is 61.4 Å². The number of nitrogens with two attached hydrogens (primary N) is 1. The third-order valence-electron chi connectivity index (χ3n) is 6.52. The number of hydrogen-bond acceptors (Lipinski definition) is 6. The number of sulfonamides is 2. The van der Waals surface area contributed by atoms with Crippen molar-refractivity contribution in [3.63, 3.8) is 0 Å². The summed E-state index contributed by atoms with van der Waals surface area (Å²) in [6, 6.07) is 12.6. The second-order valence-corrected chi connectivity index (χ2v) is 15.9. The van der Waals surface area contributed by atoms with Gasteiger partial charge in [-0.3, -0.25) is 14.2 Å². The molecule has 2 fully saturated rings. The number of hydrogen-bond donors (Lipinski definition) is 3. The molecule has 10 nitrogen and oxygen atoms in total. The first-order chi connectivity index (χ1) is 16.9. The summed E-state index contributed by atoms with van der Waals surface area (Å²) in [5, 5.41) is 3.05. The lowest BCUT2D eigenvalue weighted by Crippen LogP contribution is -3.00. The zero-order valence-corrected chi connectivity index (χ0v) is 23.9. The molecule has 2 heterocycles. The zero-order valence-electron chi connectivity index (χ0n) is 20.6. The SMILES string of the molecule is CS(=O)(=O)Nc1ccc(P(=O)(c2ccc(NS(C)(=O)=O)cc2)C2CCCN2C(=O)[C@@H]2CCC[NH2+]2)cc1.[Cl-]. The summed E-state index contributed by atoms with van der Waals surface area (Å²) >= 11 is 0. The lowest BCUT2D eigenvalue weighted by Gasteiger charge is -2.33. The van der Waals surface area contributed by atoms with Crippen LogP contribution in [-0.4, -0.2) is 65.1 Å². The van der Waals surface area contributed by atoms with E-state index in [1.54, 1.807) is 53.4 Å². The molecule has 1 unspecified atom stereocenters. The van der Waals surface area contributed by atoms with Crippen molar-refractivity contribution in [3.8, 4) is 0 Å². The van der Waals surface area contributed by atoms with Crippen LogP contribution in [0, 0.1) is 0 Å². The van der Waals surface area contributed by atoms with E-state index in [2.05, 4.69) is 9.44 Å². The summed E-state index contributed by atoms with van der Waals surface area (Å²) in [6.45, 7) is 1.43. The average molecular weight is 591 g/mol. The van der Waals surface area contributed by atoms with Crippen LogP contribution in [0.25, 0.3) is 0 Å². The number of carbonyl (C=O) groups is 1. The monoisotopic (exact) mass is 590 g/mol. The summed E-state index contributed by atoms with van der Waals surface area (Å²) in [6.07, 6.45) is 5.18. The fraction of sp³-hybridized carbons (Fsp3) is 0.435. The largest absolute Gasteiger partial charge is 1.00 e. The van der Waals surface area contributed by atoms with Crippen LogP contribution in [0.5, 0.6) is 0 Å². The maximum absolute atomic E-state index is 15.1. The molecule has 2 aliphatic rings. The normalized spacial score (nSPS) is 20.3. The molecule has 2 aromatic carbocycles. The fourth-order valence-corrected chi connectivity index (χ4v) is 9.49. The molecule has 0 bridgehead atoms. The van der Waals surface area contributed by atoms with Crippen molar-refractivity contribution in [2.75, 3.05) is 35.0 Å². The van der Waals surface area contributed by atoms with Crippen LogP contribution < -0.4 is 37.8 Å². The fourth-order valence-electron chi connectivity index (χ4n) is 5.02. The van der Waals surface area contributed by atoms with Gasteiger partial charge in [-0.25, -0.2) is 16.8 Å². The molecule has 0 aromatic heterocycles. The lowest BCUT2D eigenvalue weighted by molar-refractivity contribution is -0.658. The van der Waals surface area contributed by atoms with Crippen LogP contribution in [0.3, 0.4) is 0 Å². The highest BCUT2D eigenvalue weighted by atomic mass is 35.5. The molecule has 0 saturated carbocycles. The Kier molecular flexibility index (Phi) is 9.01. The van der Waals surface area contributed by atoms with E-state index < -0.39 is 33.0 Å². The quantitative estimate of drug-likeness (QED) is 0.288. The van der Waals surface area contributed by atoms with E-state index in [0.29, 0.717) is 34.9 Å². The van der Waals surface area contributed by atoms with E-state index in [4.69, 9.17) is 0 Å². The highest BCUT2D eigenvalue weighted by Crippen LogP contribution is 2.54. The molecule has 0 aliphatic carbocycles. The predicted octanol–water partition coefficient (Wildman–Crippen LogP) is -2.58. The molecule has 14 heteroatoms. The average Bonchev–Trinajstić information content (AvgIpc) is 3.50. The molecule has 0 spiro atoms. The Hall–Kier alpha value is -2.11. The van der Waals surface area contributed by atoms with Gasteiger partial charge in [-0.15, -0.1) is 0 Å². The van der Waals surface area contributed by atoms with Crippen molar-refractivity contribution in [3.05, 3.63) is 48.5 Å². The van der Waals surface area contributed by atoms with Crippen molar-refractivity contribution in [2.24, 2.45) is 0 Å². The van der Waals surface area contributed by atoms with Gasteiger partial charge in [0.15, 0.2) is 13.2 Å². The number of quaternary nitrogens is 1. The van der Waals surface area contributed by atoms with Gasteiger partial charge < -0.3 is 27.2 Å². The number of halogens is 1. The van der Waals surface area contributed by atoms with E-state index in [-0.39, 0.29) is 24.4 Å². The smallest absolute Gasteiger partial charge is 0.281 e. The van der Waals surface area contributed by atoms with Crippen molar-refractivity contribution in [2.45, 2.75) is 37.5 Å². The Bertz CT molecular complexity index is 1300. The molecule has 2 saturated heterocycles. The van der Waals surface area contributed by atoms with Crippen molar-refractivity contribution >= 4 is 55.1 Å². The summed E-state index contributed by atoms with van der Waals surface area (Å²) in [5.41, 5.74) is 0.695. The van der Waals surface area contributed by atoms with E-state index in [9.17, 15) is 21.6 Å². The first-order valence-corrected chi connectivity index (χ1v) is 17.3. The molecule has 0 radical (unpaired) electrons. The number of rotatable bonds is 8. The van der Waals surface area contributed by atoms with E-state index >= 15 is 4.57 Å². The number of benzene rings is 2. The first-order valence-electron chi connectivity index (χ1n) is 11.8. The molecule has 2 atom stereocenters. The van der Waals surface area contributed by atoms with Crippen molar-refractivity contribution in [1.29, 1.82) is 0 Å². The third-order valence-corrected chi connectivity index (χ3v) is 11.2. The second kappa shape index (κ2) is 11.3. The zero-order chi connectivity index (χ0) is 26.1. The Balaban J connectivity index is 0.00000380. The molecule has 2 aliphatic heterocycles. The van der Waals surface area contributed by atoms with E-state index in [1.165, 1.54) is 0 Å². The van der Waals surface area contributed by atoms with Crippen LogP contribution in [0.15, 0.2) is 48.5 Å². The third kappa shape index (κ3) is 6.86. The number of nitrogens with one attached hydrogen (secondary N) is 2. The standard InChI is InChI=1S/C23H31N4O6PS2.ClH/c1-35(30,31)25-17-7-11-19(12-8-17)34(29,20-13-9-18(10-14-20)26-36(2,32)33)22-6-4-16-27(22)23(28)21-5-3-15-24-21;/h7-14,21-22,24-26H,3-6,15-16H2,1-2H3;1H/t21-,22?;/m0./s1. The molecular formula is C23H32ClN4O6PS2. The van der Waals surface area contributed by atoms with Crippen molar-refractivity contribution in [1.82, 2.24) is 4.90 Å². The summed E-state index contributed by atoms with van der Waals surface area (Å²) < 4.78 is 66.4. The molecule has 204 valence electrons. The van der Waals surface area contributed by atoms with Gasteiger partial charge in [0.25, 0.3) is 5.91 Å². The molecule has 37 heavy (non-hydrogen) atoms. The summed E-state index contributed by atoms with van der Waals surface area (Å²) in [5.74, 6) is -0.539. The van der Waals surface area contributed by atoms with Crippen LogP contribution in [0.4, 0.5) is 11.4 Å². The Labute approximate surface area is 224 Å². The molecule has 4 rings (SSSR count). The minimum absolute atomic E-state index is 0. The molecule has 4 N–H and O–H groups in total. The number of likely N-dealkylation sites (tertiary alicyclic amines) is 1. The number of amides is 1.